The summed E-state index contributed by atoms with van der Waals surface area (Å²) in [6, 6.07) is 9.86. The van der Waals surface area contributed by atoms with E-state index in [0.29, 0.717) is 30.3 Å². The monoisotopic (exact) mass is 337 g/mol. The molecule has 2 aromatic carbocycles. The van der Waals surface area contributed by atoms with Gasteiger partial charge in [0.1, 0.15) is 11.5 Å². The number of rotatable bonds is 3. The Balaban J connectivity index is 1.93. The van der Waals surface area contributed by atoms with E-state index >= 15 is 0 Å². The summed E-state index contributed by atoms with van der Waals surface area (Å²) in [5.41, 5.74) is 0.910. The zero-order valence-corrected chi connectivity index (χ0v) is 13.5. The van der Waals surface area contributed by atoms with Gasteiger partial charge in [0.15, 0.2) is 6.73 Å². The molecule has 0 bridgehead atoms. The van der Waals surface area contributed by atoms with Crippen LogP contribution in [0.2, 0.25) is 0 Å². The van der Waals surface area contributed by atoms with E-state index in [1.807, 2.05) is 25.1 Å². The van der Waals surface area contributed by atoms with Gasteiger partial charge in [-0.15, -0.1) is 0 Å². The minimum atomic E-state index is -4.37. The number of anilines is 1. The lowest BCUT2D eigenvalue weighted by Gasteiger charge is -2.32. The van der Waals surface area contributed by atoms with Gasteiger partial charge < -0.3 is 14.4 Å². The first-order valence-corrected chi connectivity index (χ1v) is 7.70. The summed E-state index contributed by atoms with van der Waals surface area (Å²) in [5.74, 6) is 1.41. The molecule has 3 nitrogen and oxygen atoms in total. The highest BCUT2D eigenvalue weighted by Crippen LogP contribution is 2.38. The van der Waals surface area contributed by atoms with Crippen molar-refractivity contribution in [1.82, 2.24) is 0 Å². The molecule has 0 aliphatic carbocycles. The zero-order chi connectivity index (χ0) is 17.3. The topological polar surface area (TPSA) is 21.7 Å². The second-order valence-corrected chi connectivity index (χ2v) is 5.63. The van der Waals surface area contributed by atoms with Crippen molar-refractivity contribution >= 4 is 5.69 Å². The Kier molecular flexibility index (Phi) is 4.30. The number of halogens is 3. The molecular formula is C18H18F3NO2. The van der Waals surface area contributed by atoms with Gasteiger partial charge in [-0.05, 0) is 43.7 Å². The van der Waals surface area contributed by atoms with Crippen LogP contribution in [0.15, 0.2) is 36.4 Å². The fourth-order valence-corrected chi connectivity index (χ4v) is 2.79. The molecule has 6 heteroatoms. The second-order valence-electron chi connectivity index (χ2n) is 5.63. The zero-order valence-electron chi connectivity index (χ0n) is 13.5. The largest absolute Gasteiger partial charge is 0.493 e. The standard InChI is InChI=1S/C18H18F3NO2/c1-3-23-16-5-4-6-17-14(16)10-22(11-24-17)13-8-7-12(2)15(9-13)18(19,20)21/h4-9H,3,10-11H2,1-2H3. The molecule has 1 aliphatic heterocycles. The van der Waals surface area contributed by atoms with E-state index < -0.39 is 11.7 Å². The summed E-state index contributed by atoms with van der Waals surface area (Å²) in [6.07, 6.45) is -4.37. The van der Waals surface area contributed by atoms with Crippen molar-refractivity contribution in [3.63, 3.8) is 0 Å². The lowest BCUT2D eigenvalue weighted by Crippen LogP contribution is -2.32. The molecule has 0 radical (unpaired) electrons. The van der Waals surface area contributed by atoms with Crippen LogP contribution in [0, 0.1) is 6.92 Å². The smallest absolute Gasteiger partial charge is 0.416 e. The first-order valence-electron chi connectivity index (χ1n) is 7.70. The Hall–Kier alpha value is -2.37. The Bertz CT molecular complexity index is 744. The predicted octanol–water partition coefficient (Wildman–Crippen LogP) is 4.77. The summed E-state index contributed by atoms with van der Waals surface area (Å²) in [5, 5.41) is 0. The van der Waals surface area contributed by atoms with Crippen molar-refractivity contribution in [3.05, 3.63) is 53.1 Å². The quantitative estimate of drug-likeness (QED) is 0.805. The number of benzene rings is 2. The van der Waals surface area contributed by atoms with Crippen LogP contribution in [0.5, 0.6) is 11.5 Å². The third-order valence-corrected chi connectivity index (χ3v) is 4.01. The molecule has 0 atom stereocenters. The van der Waals surface area contributed by atoms with Gasteiger partial charge in [0, 0.05) is 5.69 Å². The number of fused-ring (bicyclic) bond motifs is 1. The van der Waals surface area contributed by atoms with Crippen LogP contribution in [-0.2, 0) is 12.7 Å². The fourth-order valence-electron chi connectivity index (χ4n) is 2.79. The maximum atomic E-state index is 13.1. The molecule has 24 heavy (non-hydrogen) atoms. The van der Waals surface area contributed by atoms with Crippen molar-refractivity contribution in [2.75, 3.05) is 18.2 Å². The molecule has 0 aromatic heterocycles. The molecule has 0 unspecified atom stereocenters. The van der Waals surface area contributed by atoms with E-state index in [2.05, 4.69) is 0 Å². The highest BCUT2D eigenvalue weighted by atomic mass is 19.4. The number of ether oxygens (including phenoxy) is 2. The highest BCUT2D eigenvalue weighted by Gasteiger charge is 2.33. The molecule has 0 N–H and O–H groups in total. The molecule has 1 heterocycles. The van der Waals surface area contributed by atoms with Crippen molar-refractivity contribution in [1.29, 1.82) is 0 Å². The van der Waals surface area contributed by atoms with E-state index in [0.717, 1.165) is 5.56 Å². The normalized spacial score (nSPS) is 14.1. The first-order chi connectivity index (χ1) is 11.4. The molecule has 0 fully saturated rings. The van der Waals surface area contributed by atoms with Gasteiger partial charge in [0.05, 0.1) is 24.3 Å². The van der Waals surface area contributed by atoms with Gasteiger partial charge in [-0.2, -0.15) is 13.2 Å². The van der Waals surface area contributed by atoms with Crippen LogP contribution < -0.4 is 14.4 Å². The van der Waals surface area contributed by atoms with E-state index in [-0.39, 0.29) is 12.3 Å². The van der Waals surface area contributed by atoms with Gasteiger partial charge in [-0.1, -0.05) is 12.1 Å². The Morgan fingerprint density at radius 1 is 1.21 bits per heavy atom. The molecule has 128 valence electrons. The van der Waals surface area contributed by atoms with E-state index in [4.69, 9.17) is 9.47 Å². The molecule has 0 saturated carbocycles. The molecule has 0 saturated heterocycles. The lowest BCUT2D eigenvalue weighted by molar-refractivity contribution is -0.138. The van der Waals surface area contributed by atoms with E-state index in [1.54, 1.807) is 11.0 Å². The molecule has 3 rings (SSSR count). The summed E-state index contributed by atoms with van der Waals surface area (Å²) >= 11 is 0. The van der Waals surface area contributed by atoms with Gasteiger partial charge in [0.2, 0.25) is 0 Å². The average Bonchev–Trinajstić information content (AvgIpc) is 2.54. The summed E-state index contributed by atoms with van der Waals surface area (Å²) in [7, 11) is 0. The fraction of sp³-hybridized carbons (Fsp3) is 0.333. The number of alkyl halides is 3. The highest BCUT2D eigenvalue weighted by molar-refractivity contribution is 5.56. The van der Waals surface area contributed by atoms with Crippen molar-refractivity contribution < 1.29 is 22.6 Å². The second kappa shape index (κ2) is 6.26. The third kappa shape index (κ3) is 3.13. The van der Waals surface area contributed by atoms with Crippen LogP contribution in [0.25, 0.3) is 0 Å². The lowest BCUT2D eigenvalue weighted by atomic mass is 10.1. The van der Waals surface area contributed by atoms with Crippen LogP contribution in [0.3, 0.4) is 0 Å². The Morgan fingerprint density at radius 2 is 2.00 bits per heavy atom. The number of hydrogen-bond donors (Lipinski definition) is 0. The first kappa shape index (κ1) is 16.5. The van der Waals surface area contributed by atoms with Crippen LogP contribution in [-0.4, -0.2) is 13.3 Å². The van der Waals surface area contributed by atoms with Gasteiger partial charge >= 0.3 is 6.18 Å². The molecular weight excluding hydrogens is 319 g/mol. The summed E-state index contributed by atoms with van der Waals surface area (Å²) < 4.78 is 50.7. The average molecular weight is 337 g/mol. The van der Waals surface area contributed by atoms with Crippen LogP contribution in [0.4, 0.5) is 18.9 Å². The molecule has 0 spiro atoms. The van der Waals surface area contributed by atoms with Gasteiger partial charge in [0.25, 0.3) is 0 Å². The van der Waals surface area contributed by atoms with Crippen molar-refractivity contribution in [2.24, 2.45) is 0 Å². The summed E-state index contributed by atoms with van der Waals surface area (Å²) in [4.78, 5) is 1.76. The number of nitrogens with zero attached hydrogens (tertiary/aromatic N) is 1. The molecule has 2 aromatic rings. The third-order valence-electron chi connectivity index (χ3n) is 4.01. The van der Waals surface area contributed by atoms with E-state index in [1.165, 1.54) is 19.1 Å². The number of hydrogen-bond acceptors (Lipinski definition) is 3. The minimum absolute atomic E-state index is 0.197. The summed E-state index contributed by atoms with van der Waals surface area (Å²) in [6.45, 7) is 4.49. The molecule has 0 amide bonds. The van der Waals surface area contributed by atoms with Gasteiger partial charge in [-0.25, -0.2) is 0 Å². The Morgan fingerprint density at radius 3 is 2.71 bits per heavy atom. The predicted molar refractivity (Wildman–Crippen MR) is 85.5 cm³/mol. The molecule has 1 aliphatic rings. The van der Waals surface area contributed by atoms with Crippen molar-refractivity contribution in [3.8, 4) is 11.5 Å². The van der Waals surface area contributed by atoms with Crippen molar-refractivity contribution in [2.45, 2.75) is 26.6 Å². The Labute approximate surface area is 138 Å². The number of aryl methyl sites for hydroxylation is 1. The maximum Gasteiger partial charge on any atom is 0.416 e. The van der Waals surface area contributed by atoms with Crippen LogP contribution in [0.1, 0.15) is 23.6 Å². The SMILES string of the molecule is CCOc1cccc2c1CN(c1ccc(C)c(C(F)(F)F)c1)CO2. The van der Waals surface area contributed by atoms with E-state index in [9.17, 15) is 13.2 Å². The maximum absolute atomic E-state index is 13.1. The van der Waals surface area contributed by atoms with Gasteiger partial charge in [-0.3, -0.25) is 0 Å². The minimum Gasteiger partial charge on any atom is -0.493 e. The van der Waals surface area contributed by atoms with Crippen LogP contribution >= 0.6 is 0 Å².